The van der Waals surface area contributed by atoms with Crippen molar-refractivity contribution in [2.75, 3.05) is 13.1 Å². The smallest absolute Gasteiger partial charge is 0.218 e. The van der Waals surface area contributed by atoms with E-state index in [1.165, 1.54) is 28.6 Å². The molecule has 1 atom stereocenters. The van der Waals surface area contributed by atoms with Gasteiger partial charge in [-0.05, 0) is 30.5 Å². The second kappa shape index (κ2) is 6.65. The van der Waals surface area contributed by atoms with E-state index in [-0.39, 0.29) is 30.0 Å². The maximum Gasteiger partial charge on any atom is 0.218 e. The summed E-state index contributed by atoms with van der Waals surface area (Å²) in [5, 5.41) is 0. The number of nitrogens with zero attached hydrogens (tertiary/aromatic N) is 1. The zero-order chi connectivity index (χ0) is 13.2. The van der Waals surface area contributed by atoms with Gasteiger partial charge < -0.3 is 5.73 Å². The summed E-state index contributed by atoms with van der Waals surface area (Å²) in [5.74, 6) is -0.457. The summed E-state index contributed by atoms with van der Waals surface area (Å²) in [5.41, 5.74) is 6.17. The van der Waals surface area contributed by atoms with Crippen molar-refractivity contribution < 1.29 is 12.8 Å². The molecule has 19 heavy (non-hydrogen) atoms. The molecule has 0 amide bonds. The van der Waals surface area contributed by atoms with Crippen molar-refractivity contribution in [2.24, 2.45) is 5.73 Å². The Bertz CT molecular complexity index is 507. The summed E-state index contributed by atoms with van der Waals surface area (Å²) in [6.45, 7) is 0.883. The molecule has 0 saturated carbocycles. The molecule has 0 aromatic heterocycles. The van der Waals surface area contributed by atoms with E-state index in [4.69, 9.17) is 5.73 Å². The van der Waals surface area contributed by atoms with Crippen LogP contribution < -0.4 is 5.73 Å². The van der Waals surface area contributed by atoms with Crippen molar-refractivity contribution in [3.63, 3.8) is 0 Å². The predicted octanol–water partition coefficient (Wildman–Crippen LogP) is 1.50. The molecule has 1 heterocycles. The van der Waals surface area contributed by atoms with Crippen LogP contribution in [0.3, 0.4) is 0 Å². The van der Waals surface area contributed by atoms with Crippen LogP contribution in [0.2, 0.25) is 0 Å². The van der Waals surface area contributed by atoms with Crippen LogP contribution in [-0.4, -0.2) is 31.9 Å². The molecule has 108 valence electrons. The van der Waals surface area contributed by atoms with Crippen molar-refractivity contribution in [2.45, 2.75) is 24.6 Å². The number of halogens is 2. The molecule has 0 bridgehead atoms. The van der Waals surface area contributed by atoms with Crippen LogP contribution >= 0.6 is 12.4 Å². The summed E-state index contributed by atoms with van der Waals surface area (Å²) in [4.78, 5) is 0. The zero-order valence-corrected chi connectivity index (χ0v) is 12.1. The fraction of sp³-hybridized carbons (Fsp3) is 0.500. The average molecular weight is 309 g/mol. The van der Waals surface area contributed by atoms with Gasteiger partial charge in [-0.3, -0.25) is 0 Å². The van der Waals surface area contributed by atoms with Crippen LogP contribution in [0.4, 0.5) is 4.39 Å². The zero-order valence-electron chi connectivity index (χ0n) is 10.5. The van der Waals surface area contributed by atoms with Crippen molar-refractivity contribution in [1.29, 1.82) is 0 Å². The quantitative estimate of drug-likeness (QED) is 0.917. The van der Waals surface area contributed by atoms with E-state index in [2.05, 4.69) is 0 Å². The molecule has 2 N–H and O–H groups in total. The van der Waals surface area contributed by atoms with Crippen LogP contribution in [0.5, 0.6) is 0 Å². The fourth-order valence-electron chi connectivity index (χ4n) is 2.29. The summed E-state index contributed by atoms with van der Waals surface area (Å²) in [6, 6.07) is 5.46. The Balaban J connectivity index is 0.00000180. The largest absolute Gasteiger partial charge is 0.329 e. The Kier molecular flexibility index (Phi) is 5.73. The lowest BCUT2D eigenvalue weighted by Gasteiger charge is -2.22. The summed E-state index contributed by atoms with van der Waals surface area (Å²) < 4.78 is 38.7. The van der Waals surface area contributed by atoms with E-state index in [9.17, 15) is 12.8 Å². The van der Waals surface area contributed by atoms with Crippen molar-refractivity contribution in [3.05, 3.63) is 35.6 Å². The van der Waals surface area contributed by atoms with Gasteiger partial charge in [-0.25, -0.2) is 12.8 Å². The Morgan fingerprint density at radius 3 is 2.53 bits per heavy atom. The number of sulfonamides is 1. The minimum atomic E-state index is -3.36. The van der Waals surface area contributed by atoms with Crippen LogP contribution in [0.1, 0.15) is 18.4 Å². The van der Waals surface area contributed by atoms with Crippen LogP contribution in [-0.2, 0) is 15.8 Å². The molecule has 1 aromatic carbocycles. The molecule has 1 fully saturated rings. The molecule has 0 spiro atoms. The third-order valence-electron chi connectivity index (χ3n) is 3.21. The molecule has 2 rings (SSSR count). The molecule has 1 unspecified atom stereocenters. The van der Waals surface area contributed by atoms with Gasteiger partial charge in [-0.1, -0.05) is 12.1 Å². The van der Waals surface area contributed by atoms with E-state index >= 15 is 0 Å². The Hall–Kier alpha value is -0.690. The van der Waals surface area contributed by atoms with Gasteiger partial charge in [0.25, 0.3) is 0 Å². The van der Waals surface area contributed by atoms with E-state index in [1.807, 2.05) is 0 Å². The first-order valence-corrected chi connectivity index (χ1v) is 7.58. The van der Waals surface area contributed by atoms with Gasteiger partial charge in [0, 0.05) is 19.1 Å². The van der Waals surface area contributed by atoms with Gasteiger partial charge >= 0.3 is 0 Å². The second-order valence-corrected chi connectivity index (χ2v) is 6.45. The van der Waals surface area contributed by atoms with Gasteiger partial charge in [0.05, 0.1) is 5.75 Å². The molecule has 1 aliphatic heterocycles. The second-order valence-electron chi connectivity index (χ2n) is 4.53. The highest BCUT2D eigenvalue weighted by Gasteiger charge is 2.33. The Labute approximate surface area is 119 Å². The molecule has 0 aliphatic carbocycles. The van der Waals surface area contributed by atoms with Crippen LogP contribution in [0.25, 0.3) is 0 Å². The van der Waals surface area contributed by atoms with Gasteiger partial charge in [0.1, 0.15) is 5.82 Å². The SMILES string of the molecule is Cl.NCC1CCCN1S(=O)(=O)Cc1ccc(F)cc1. The van der Waals surface area contributed by atoms with E-state index in [0.717, 1.165) is 12.8 Å². The van der Waals surface area contributed by atoms with E-state index in [0.29, 0.717) is 18.7 Å². The monoisotopic (exact) mass is 308 g/mol. The first-order valence-electron chi connectivity index (χ1n) is 5.97. The molecule has 4 nitrogen and oxygen atoms in total. The molecule has 1 saturated heterocycles. The van der Waals surface area contributed by atoms with Crippen molar-refractivity contribution in [3.8, 4) is 0 Å². The predicted molar refractivity (Wildman–Crippen MR) is 75.1 cm³/mol. The summed E-state index contributed by atoms with van der Waals surface area (Å²) in [7, 11) is -3.36. The highest BCUT2D eigenvalue weighted by molar-refractivity contribution is 7.88. The Morgan fingerprint density at radius 2 is 1.95 bits per heavy atom. The van der Waals surface area contributed by atoms with Crippen LogP contribution in [0.15, 0.2) is 24.3 Å². The maximum atomic E-state index is 12.8. The maximum absolute atomic E-state index is 12.8. The highest BCUT2D eigenvalue weighted by Crippen LogP contribution is 2.22. The van der Waals surface area contributed by atoms with E-state index in [1.54, 1.807) is 0 Å². The van der Waals surface area contributed by atoms with Gasteiger partial charge in [-0.15, -0.1) is 12.4 Å². The average Bonchev–Trinajstić information content (AvgIpc) is 2.81. The number of hydrogen-bond donors (Lipinski definition) is 1. The summed E-state index contributed by atoms with van der Waals surface area (Å²) in [6.07, 6.45) is 1.67. The first-order chi connectivity index (χ1) is 8.53. The number of benzene rings is 1. The minimum absolute atomic E-state index is 0. The third kappa shape index (κ3) is 3.89. The number of nitrogens with two attached hydrogens (primary N) is 1. The third-order valence-corrected chi connectivity index (χ3v) is 5.11. The van der Waals surface area contributed by atoms with Crippen molar-refractivity contribution >= 4 is 22.4 Å². The molecule has 1 aliphatic rings. The number of rotatable bonds is 4. The lowest BCUT2D eigenvalue weighted by atomic mass is 10.2. The van der Waals surface area contributed by atoms with Crippen LogP contribution in [0, 0.1) is 5.82 Å². The summed E-state index contributed by atoms with van der Waals surface area (Å²) >= 11 is 0. The minimum Gasteiger partial charge on any atom is -0.329 e. The fourth-order valence-corrected chi connectivity index (χ4v) is 4.12. The molecule has 0 radical (unpaired) electrons. The van der Waals surface area contributed by atoms with Gasteiger partial charge in [-0.2, -0.15) is 4.31 Å². The van der Waals surface area contributed by atoms with Gasteiger partial charge in [0.15, 0.2) is 0 Å². The Morgan fingerprint density at radius 1 is 1.32 bits per heavy atom. The molecular formula is C12H18ClFN2O2S. The van der Waals surface area contributed by atoms with Gasteiger partial charge in [0.2, 0.25) is 10.0 Å². The van der Waals surface area contributed by atoms with E-state index < -0.39 is 10.0 Å². The normalized spacial score (nSPS) is 20.2. The molecule has 7 heteroatoms. The lowest BCUT2D eigenvalue weighted by molar-refractivity contribution is 0.392. The molecule has 1 aromatic rings. The van der Waals surface area contributed by atoms with Crippen molar-refractivity contribution in [1.82, 2.24) is 4.31 Å². The molecular weight excluding hydrogens is 291 g/mol. The highest BCUT2D eigenvalue weighted by atomic mass is 35.5. The topological polar surface area (TPSA) is 63.4 Å². The first kappa shape index (κ1) is 16.4. The standard InChI is InChI=1S/C12H17FN2O2S.ClH/c13-11-5-3-10(4-6-11)9-18(16,17)15-7-1-2-12(15)8-14;/h3-6,12H,1-2,7-9,14H2;1H. The lowest BCUT2D eigenvalue weighted by Crippen LogP contribution is -2.40. The number of hydrogen-bond acceptors (Lipinski definition) is 3.